The lowest BCUT2D eigenvalue weighted by Crippen LogP contribution is -2.46. The first-order valence-electron chi connectivity index (χ1n) is 20.9. The number of hydrogen-bond acceptors (Lipinski definition) is 6. The third-order valence-corrected chi connectivity index (χ3v) is 10.6. The molecular formula is C40H83N2O6P. The quantitative estimate of drug-likeness (QED) is 0.0374. The van der Waals surface area contributed by atoms with Crippen LogP contribution in [0.1, 0.15) is 200 Å². The molecule has 0 spiro atoms. The van der Waals surface area contributed by atoms with Gasteiger partial charge in [0.2, 0.25) is 5.91 Å². The maximum Gasteiger partial charge on any atom is 0.268 e. The van der Waals surface area contributed by atoms with Crippen LogP contribution in [-0.4, -0.2) is 68.5 Å². The van der Waals surface area contributed by atoms with Crippen LogP contribution in [-0.2, 0) is 18.4 Å². The lowest BCUT2D eigenvalue weighted by molar-refractivity contribution is -0.870. The van der Waals surface area contributed by atoms with Crippen molar-refractivity contribution in [3.63, 3.8) is 0 Å². The van der Waals surface area contributed by atoms with E-state index < -0.39 is 20.0 Å². The number of likely N-dealkylation sites (N-methyl/N-ethyl adjacent to an activating group) is 1. The van der Waals surface area contributed by atoms with Gasteiger partial charge in [-0.1, -0.05) is 181 Å². The van der Waals surface area contributed by atoms with Gasteiger partial charge in [0.15, 0.2) is 0 Å². The molecule has 0 aliphatic rings. The third-order valence-electron chi connectivity index (χ3n) is 9.60. The van der Waals surface area contributed by atoms with Gasteiger partial charge in [-0.2, -0.15) is 0 Å². The maximum atomic E-state index is 12.4. The van der Waals surface area contributed by atoms with E-state index in [1.807, 2.05) is 28.1 Å². The summed E-state index contributed by atoms with van der Waals surface area (Å²) in [5, 5.41) is 13.6. The predicted molar refractivity (Wildman–Crippen MR) is 206 cm³/mol. The van der Waals surface area contributed by atoms with E-state index in [4.69, 9.17) is 9.05 Å². The molecule has 8 nitrogen and oxygen atoms in total. The lowest BCUT2D eigenvalue weighted by atomic mass is 10.0. The number of nitrogens with zero attached hydrogens (tertiary/aromatic N) is 1. The minimum Gasteiger partial charge on any atom is -0.756 e. The van der Waals surface area contributed by atoms with Gasteiger partial charge in [-0.15, -0.1) is 0 Å². The Bertz CT molecular complexity index is 778. The molecule has 0 radical (unpaired) electrons. The molecule has 0 aromatic rings. The predicted octanol–water partition coefficient (Wildman–Crippen LogP) is 10.4. The molecule has 2 N–H and O–H groups in total. The van der Waals surface area contributed by atoms with Gasteiger partial charge in [0.05, 0.1) is 39.9 Å². The number of aliphatic hydroxyl groups excluding tert-OH is 1. The highest BCUT2D eigenvalue weighted by atomic mass is 31.2. The van der Waals surface area contributed by atoms with Crippen LogP contribution in [0.3, 0.4) is 0 Å². The first-order valence-corrected chi connectivity index (χ1v) is 22.3. The van der Waals surface area contributed by atoms with E-state index in [2.05, 4.69) is 12.2 Å². The van der Waals surface area contributed by atoms with Crippen molar-refractivity contribution in [1.29, 1.82) is 0 Å². The Morgan fingerprint density at radius 1 is 0.633 bits per heavy atom. The number of quaternary nitrogens is 1. The largest absolute Gasteiger partial charge is 0.756 e. The third kappa shape index (κ3) is 35.7. The summed E-state index contributed by atoms with van der Waals surface area (Å²) in [5.41, 5.74) is 0. The Morgan fingerprint density at radius 3 is 1.37 bits per heavy atom. The zero-order chi connectivity index (χ0) is 36.5. The molecule has 0 heterocycles. The minimum absolute atomic E-state index is 0.0138. The van der Waals surface area contributed by atoms with Gasteiger partial charge < -0.3 is 28.8 Å². The SMILES string of the molecule is CCCCCCCCCCCCCCCCCCCCCCCCCCCC(O)C(COP(=O)([O-])OCC[N+](C)(C)C)NC(=O)CCCC. The number of nitrogens with one attached hydrogen (secondary N) is 1. The Hall–Kier alpha value is -0.500. The minimum atomic E-state index is -4.53. The number of amides is 1. The van der Waals surface area contributed by atoms with Crippen molar-refractivity contribution in [3.05, 3.63) is 0 Å². The molecule has 294 valence electrons. The zero-order valence-corrected chi connectivity index (χ0v) is 34.1. The second-order valence-electron chi connectivity index (χ2n) is 15.7. The molecule has 9 heteroatoms. The molecule has 3 atom stereocenters. The molecule has 0 aromatic heterocycles. The molecule has 0 aliphatic carbocycles. The fourth-order valence-corrected chi connectivity index (χ4v) is 6.92. The van der Waals surface area contributed by atoms with Crippen molar-refractivity contribution < 1.29 is 32.9 Å². The van der Waals surface area contributed by atoms with Crippen molar-refractivity contribution in [1.82, 2.24) is 5.32 Å². The number of phosphoric acid groups is 1. The fourth-order valence-electron chi connectivity index (χ4n) is 6.19. The standard InChI is InChI=1S/C40H83N2O6P/c1-6-8-10-11-12-13-14-15-16-17-18-19-20-21-22-23-24-25-26-27-28-29-30-31-32-33-39(43)38(41-40(44)34-9-7-2)37-48-49(45,46)47-36-35-42(3,4)5/h38-39,43H,6-37H2,1-5H3,(H-,41,44,45,46). The van der Waals surface area contributed by atoms with Gasteiger partial charge in [-0.3, -0.25) is 9.36 Å². The molecule has 0 aromatic carbocycles. The molecule has 0 saturated heterocycles. The van der Waals surface area contributed by atoms with Crippen LogP contribution < -0.4 is 10.2 Å². The van der Waals surface area contributed by atoms with Crippen molar-refractivity contribution in [2.24, 2.45) is 0 Å². The van der Waals surface area contributed by atoms with E-state index in [1.54, 1.807) is 0 Å². The van der Waals surface area contributed by atoms with E-state index in [-0.39, 0.29) is 19.1 Å². The summed E-state index contributed by atoms with van der Waals surface area (Å²) in [4.78, 5) is 24.6. The Kier molecular flexibility index (Phi) is 33.0. The summed E-state index contributed by atoms with van der Waals surface area (Å²) in [6.45, 7) is 4.49. The fraction of sp³-hybridized carbons (Fsp3) is 0.975. The molecule has 0 aliphatic heterocycles. The summed E-state index contributed by atoms with van der Waals surface area (Å²) in [6.07, 6.45) is 35.2. The van der Waals surface area contributed by atoms with E-state index in [0.29, 0.717) is 23.9 Å². The first-order chi connectivity index (χ1) is 23.5. The Balaban J connectivity index is 3.83. The van der Waals surface area contributed by atoms with E-state index in [9.17, 15) is 19.4 Å². The maximum absolute atomic E-state index is 12.4. The number of aliphatic hydroxyl groups is 1. The van der Waals surface area contributed by atoms with E-state index >= 15 is 0 Å². The molecule has 49 heavy (non-hydrogen) atoms. The van der Waals surface area contributed by atoms with Gasteiger partial charge in [0.1, 0.15) is 13.2 Å². The number of phosphoric ester groups is 1. The van der Waals surface area contributed by atoms with Crippen LogP contribution >= 0.6 is 7.82 Å². The molecule has 0 saturated carbocycles. The number of carbonyl (C=O) groups is 1. The van der Waals surface area contributed by atoms with Crippen molar-refractivity contribution in [2.75, 3.05) is 40.9 Å². The van der Waals surface area contributed by atoms with Crippen LogP contribution in [0.4, 0.5) is 0 Å². The van der Waals surface area contributed by atoms with E-state index in [0.717, 1.165) is 32.1 Å². The number of hydrogen-bond donors (Lipinski definition) is 2. The summed E-state index contributed by atoms with van der Waals surface area (Å²) in [5.74, 6) is -0.198. The summed E-state index contributed by atoms with van der Waals surface area (Å²) in [7, 11) is 1.31. The summed E-state index contributed by atoms with van der Waals surface area (Å²) < 4.78 is 22.9. The second-order valence-corrected chi connectivity index (χ2v) is 17.1. The van der Waals surface area contributed by atoms with Gasteiger partial charge in [-0.25, -0.2) is 0 Å². The topological polar surface area (TPSA) is 108 Å². The van der Waals surface area contributed by atoms with Crippen molar-refractivity contribution >= 4 is 13.7 Å². The normalized spacial score (nSPS) is 14.5. The highest BCUT2D eigenvalue weighted by Gasteiger charge is 2.24. The monoisotopic (exact) mass is 719 g/mol. The highest BCUT2D eigenvalue weighted by Crippen LogP contribution is 2.38. The highest BCUT2D eigenvalue weighted by molar-refractivity contribution is 7.45. The van der Waals surface area contributed by atoms with Crippen LogP contribution in [0.5, 0.6) is 0 Å². The number of unbranched alkanes of at least 4 members (excludes halogenated alkanes) is 25. The first kappa shape index (κ1) is 48.5. The van der Waals surface area contributed by atoms with Crippen LogP contribution in [0.15, 0.2) is 0 Å². The smallest absolute Gasteiger partial charge is 0.268 e. The van der Waals surface area contributed by atoms with Gasteiger partial charge in [0, 0.05) is 6.42 Å². The molecule has 0 rings (SSSR count). The Labute approximate surface area is 304 Å². The van der Waals surface area contributed by atoms with Crippen molar-refractivity contribution in [3.8, 4) is 0 Å². The summed E-state index contributed by atoms with van der Waals surface area (Å²) >= 11 is 0. The van der Waals surface area contributed by atoms with Gasteiger partial charge >= 0.3 is 0 Å². The summed E-state index contributed by atoms with van der Waals surface area (Å²) in [6, 6.07) is -0.789. The number of rotatable bonds is 38. The van der Waals surface area contributed by atoms with Crippen LogP contribution in [0, 0.1) is 0 Å². The zero-order valence-electron chi connectivity index (χ0n) is 33.2. The lowest BCUT2D eigenvalue weighted by Gasteiger charge is -2.30. The average molecular weight is 719 g/mol. The van der Waals surface area contributed by atoms with Gasteiger partial charge in [-0.05, 0) is 12.8 Å². The van der Waals surface area contributed by atoms with E-state index in [1.165, 1.54) is 141 Å². The molecule has 0 bridgehead atoms. The van der Waals surface area contributed by atoms with Gasteiger partial charge in [0.25, 0.3) is 7.82 Å². The Morgan fingerprint density at radius 2 is 1.00 bits per heavy atom. The van der Waals surface area contributed by atoms with Crippen LogP contribution in [0.2, 0.25) is 0 Å². The molecular weight excluding hydrogens is 635 g/mol. The molecule has 0 fully saturated rings. The molecule has 1 amide bonds. The average Bonchev–Trinajstić information content (AvgIpc) is 3.04. The molecule has 3 unspecified atom stereocenters. The van der Waals surface area contributed by atoms with Crippen molar-refractivity contribution in [2.45, 2.75) is 212 Å². The van der Waals surface area contributed by atoms with Crippen LogP contribution in [0.25, 0.3) is 0 Å². The second kappa shape index (κ2) is 33.3. The number of carbonyl (C=O) groups excluding carboxylic acids is 1.